The Balaban J connectivity index is 1.96. The first-order valence-corrected chi connectivity index (χ1v) is 11.1. The Bertz CT molecular complexity index is 1150. The number of aromatic nitrogens is 1. The van der Waals surface area contributed by atoms with Crippen LogP contribution in [0, 0.1) is 6.92 Å². The van der Waals surface area contributed by atoms with Crippen molar-refractivity contribution in [1.82, 2.24) is 9.47 Å². The van der Waals surface area contributed by atoms with Crippen LogP contribution in [0.3, 0.4) is 0 Å². The van der Waals surface area contributed by atoms with Crippen molar-refractivity contribution in [3.05, 3.63) is 70.4 Å². The van der Waals surface area contributed by atoms with E-state index in [2.05, 4.69) is 6.07 Å². The number of hydrogen-bond acceptors (Lipinski definition) is 3. The fourth-order valence-electron chi connectivity index (χ4n) is 3.85. The summed E-state index contributed by atoms with van der Waals surface area (Å²) < 4.78 is 35.3. The second kappa shape index (κ2) is 10.1. The van der Waals surface area contributed by atoms with Crippen LogP contribution in [0.15, 0.2) is 42.6 Å². The molecule has 0 atom stereocenters. The van der Waals surface area contributed by atoms with E-state index in [4.69, 9.17) is 4.74 Å². The van der Waals surface area contributed by atoms with Crippen LogP contribution in [0.4, 0.5) is 8.78 Å². The predicted molar refractivity (Wildman–Crippen MR) is 125 cm³/mol. The van der Waals surface area contributed by atoms with E-state index in [-0.39, 0.29) is 17.7 Å². The Kier molecular flexibility index (Phi) is 7.51. The molecule has 0 fully saturated rings. The molecule has 2 aromatic carbocycles. The Morgan fingerprint density at radius 3 is 2.61 bits per heavy atom. The predicted octanol–water partition coefficient (Wildman–Crippen LogP) is 5.31. The van der Waals surface area contributed by atoms with Crippen LogP contribution in [0.5, 0.6) is 0 Å². The molecule has 0 aliphatic rings. The first-order valence-electron chi connectivity index (χ1n) is 11.1. The third-order valence-electron chi connectivity index (χ3n) is 5.70. The van der Waals surface area contributed by atoms with Crippen LogP contribution in [0.1, 0.15) is 52.9 Å². The summed E-state index contributed by atoms with van der Waals surface area (Å²) in [4.78, 5) is 25.2. The average Bonchev–Trinajstić information content (AvgIpc) is 3.18. The molecule has 0 N–H and O–H groups in total. The van der Waals surface area contributed by atoms with Gasteiger partial charge in [0.1, 0.15) is 0 Å². The number of esters is 1. The number of benzene rings is 2. The smallest absolute Gasteiger partial charge is 0.340 e. The number of likely N-dealkylation sites (N-methyl/N-ethyl adjacent to an activating group) is 1. The Morgan fingerprint density at radius 2 is 1.97 bits per heavy atom. The Hall–Kier alpha value is -3.22. The van der Waals surface area contributed by atoms with Gasteiger partial charge in [0.2, 0.25) is 6.41 Å². The molecule has 3 rings (SSSR count). The molecule has 7 heteroatoms. The molecule has 0 unspecified atom stereocenters. The largest absolute Gasteiger partial charge is 0.462 e. The maximum Gasteiger partial charge on any atom is 0.340 e. The van der Waals surface area contributed by atoms with Gasteiger partial charge < -0.3 is 14.2 Å². The minimum atomic E-state index is -3.07. The number of carbonyl (C=O) groups excluding carboxylic acids is 2. The van der Waals surface area contributed by atoms with Gasteiger partial charge in [0.25, 0.3) is 5.92 Å². The van der Waals surface area contributed by atoms with E-state index >= 15 is 0 Å². The van der Waals surface area contributed by atoms with E-state index in [1.807, 2.05) is 30.5 Å². The van der Waals surface area contributed by atoms with Crippen molar-refractivity contribution < 1.29 is 23.1 Å². The molecule has 0 radical (unpaired) electrons. The number of rotatable bonds is 10. The van der Waals surface area contributed by atoms with Crippen LogP contribution in [-0.2, 0) is 28.4 Å². The van der Waals surface area contributed by atoms with Gasteiger partial charge in [0.15, 0.2) is 0 Å². The zero-order valence-electron chi connectivity index (χ0n) is 19.5. The molecule has 1 aromatic heterocycles. The van der Waals surface area contributed by atoms with Crippen molar-refractivity contribution in [3.8, 4) is 0 Å². The Morgan fingerprint density at radius 1 is 1.21 bits per heavy atom. The normalized spacial score (nSPS) is 11.6. The van der Waals surface area contributed by atoms with E-state index in [1.165, 1.54) is 12.1 Å². The van der Waals surface area contributed by atoms with Gasteiger partial charge >= 0.3 is 5.97 Å². The van der Waals surface area contributed by atoms with Crippen LogP contribution < -0.4 is 0 Å². The van der Waals surface area contributed by atoms with Crippen LogP contribution in [0.25, 0.3) is 10.9 Å². The highest BCUT2D eigenvalue weighted by molar-refractivity contribution is 6.03. The molecular formula is C26H30F2N2O3. The molecule has 3 aromatic rings. The van der Waals surface area contributed by atoms with Gasteiger partial charge in [-0.1, -0.05) is 25.1 Å². The first-order chi connectivity index (χ1) is 15.6. The van der Waals surface area contributed by atoms with Crippen LogP contribution >= 0.6 is 0 Å². The maximum absolute atomic E-state index is 14.1. The topological polar surface area (TPSA) is 51.5 Å². The third-order valence-corrected chi connectivity index (χ3v) is 5.70. The highest BCUT2D eigenvalue weighted by atomic mass is 19.3. The number of ether oxygens (including phenoxy) is 1. The lowest BCUT2D eigenvalue weighted by Gasteiger charge is -2.16. The van der Waals surface area contributed by atoms with Gasteiger partial charge in [-0.15, -0.1) is 0 Å². The summed E-state index contributed by atoms with van der Waals surface area (Å²) in [7, 11) is 1.75. The Labute approximate surface area is 192 Å². The zero-order chi connectivity index (χ0) is 24.2. The molecule has 5 nitrogen and oxygen atoms in total. The van der Waals surface area contributed by atoms with Crippen LogP contribution in [-0.4, -0.2) is 42.0 Å². The summed E-state index contributed by atoms with van der Waals surface area (Å²) in [5.41, 5.74) is 3.81. The first kappa shape index (κ1) is 24.4. The van der Waals surface area contributed by atoms with E-state index in [9.17, 15) is 18.4 Å². The highest BCUT2D eigenvalue weighted by Crippen LogP contribution is 2.33. The molecule has 0 spiro atoms. The van der Waals surface area contributed by atoms with Crippen molar-refractivity contribution in [2.45, 2.75) is 46.1 Å². The number of halogens is 2. The monoisotopic (exact) mass is 456 g/mol. The maximum atomic E-state index is 14.1. The summed E-state index contributed by atoms with van der Waals surface area (Å²) >= 11 is 0. The lowest BCUT2D eigenvalue weighted by Crippen LogP contribution is -2.19. The second-order valence-electron chi connectivity index (χ2n) is 8.53. The van der Waals surface area contributed by atoms with E-state index in [0.29, 0.717) is 30.4 Å². The summed E-state index contributed by atoms with van der Waals surface area (Å²) in [6.45, 7) is 6.08. The summed E-state index contributed by atoms with van der Waals surface area (Å²) in [5, 5.41) is 0.572. The van der Waals surface area contributed by atoms with Crippen molar-refractivity contribution in [2.24, 2.45) is 0 Å². The standard InChI is InChI=1S/C26H30F2N2O3/c1-5-12-33-25(32)23-15-22(26(3,27)28)14-21-9-11-30(24(21)23)16-19-6-7-20(18(2)13-19)8-10-29(4)17-31/h6-7,9,11,13-15,17H,5,8,10,12,16H2,1-4H3. The molecule has 0 aliphatic carbocycles. The molecule has 1 heterocycles. The number of aryl methyl sites for hydroxylation is 1. The number of amides is 1. The molecule has 0 saturated carbocycles. The van der Waals surface area contributed by atoms with Crippen molar-refractivity contribution in [1.29, 1.82) is 0 Å². The van der Waals surface area contributed by atoms with Gasteiger partial charge in [-0.3, -0.25) is 4.79 Å². The third kappa shape index (κ3) is 5.78. The zero-order valence-corrected chi connectivity index (χ0v) is 19.5. The van der Waals surface area contributed by atoms with Gasteiger partial charge in [-0.05, 0) is 54.7 Å². The number of alkyl halides is 2. The van der Waals surface area contributed by atoms with E-state index in [0.717, 1.165) is 36.4 Å². The van der Waals surface area contributed by atoms with E-state index in [1.54, 1.807) is 24.2 Å². The average molecular weight is 457 g/mol. The minimum Gasteiger partial charge on any atom is -0.462 e. The number of fused-ring (bicyclic) bond motifs is 1. The molecule has 0 saturated heterocycles. The van der Waals surface area contributed by atoms with Crippen molar-refractivity contribution in [2.75, 3.05) is 20.2 Å². The van der Waals surface area contributed by atoms with Gasteiger partial charge in [0, 0.05) is 44.2 Å². The molecule has 33 heavy (non-hydrogen) atoms. The summed E-state index contributed by atoms with van der Waals surface area (Å²) in [5.74, 6) is -3.67. The van der Waals surface area contributed by atoms with Gasteiger partial charge in [-0.2, -0.15) is 0 Å². The minimum absolute atomic E-state index is 0.146. The molecule has 176 valence electrons. The quantitative estimate of drug-likeness (QED) is 0.307. The lowest BCUT2D eigenvalue weighted by atomic mass is 10.0. The number of hydrogen-bond donors (Lipinski definition) is 0. The molecule has 0 bridgehead atoms. The van der Waals surface area contributed by atoms with Crippen LogP contribution in [0.2, 0.25) is 0 Å². The fraction of sp³-hybridized carbons (Fsp3) is 0.385. The summed E-state index contributed by atoms with van der Waals surface area (Å²) in [6, 6.07) is 10.6. The summed E-state index contributed by atoms with van der Waals surface area (Å²) in [6.07, 6.45) is 4.02. The highest BCUT2D eigenvalue weighted by Gasteiger charge is 2.28. The van der Waals surface area contributed by atoms with E-state index < -0.39 is 11.9 Å². The number of carbonyl (C=O) groups is 2. The molecule has 1 amide bonds. The SMILES string of the molecule is CCCOC(=O)c1cc(C(C)(F)F)cc2ccn(Cc3ccc(CCN(C)C=O)c(C)c3)c12. The lowest BCUT2D eigenvalue weighted by molar-refractivity contribution is -0.116. The molecular weight excluding hydrogens is 426 g/mol. The van der Waals surface area contributed by atoms with Gasteiger partial charge in [0.05, 0.1) is 17.7 Å². The second-order valence-corrected chi connectivity index (χ2v) is 8.53. The van der Waals surface area contributed by atoms with Crippen molar-refractivity contribution >= 4 is 23.3 Å². The molecule has 0 aliphatic heterocycles. The van der Waals surface area contributed by atoms with Gasteiger partial charge in [-0.25, -0.2) is 13.6 Å². The fourth-order valence-corrected chi connectivity index (χ4v) is 3.85. The van der Waals surface area contributed by atoms with Crippen molar-refractivity contribution in [3.63, 3.8) is 0 Å². The number of nitrogens with zero attached hydrogens (tertiary/aromatic N) is 2.